The van der Waals surface area contributed by atoms with E-state index in [9.17, 15) is 4.79 Å². The minimum atomic E-state index is -0.177. The van der Waals surface area contributed by atoms with E-state index in [0.717, 1.165) is 79.9 Å². The first-order valence-corrected chi connectivity index (χ1v) is 14.5. The Balaban J connectivity index is 1.22. The number of piperidine rings is 1. The van der Waals surface area contributed by atoms with Crippen molar-refractivity contribution in [2.45, 2.75) is 46.1 Å². The number of rotatable bonds is 4. The number of thioether (sulfide) groups is 1. The Morgan fingerprint density at radius 1 is 0.947 bits per heavy atom. The number of amidine groups is 1. The largest absolute Gasteiger partial charge is 0.369 e. The van der Waals surface area contributed by atoms with Crippen LogP contribution in [0, 0.1) is 6.92 Å². The molecule has 2 saturated heterocycles. The maximum absolute atomic E-state index is 12.6. The van der Waals surface area contributed by atoms with E-state index in [1.54, 1.807) is 0 Å². The molecule has 38 heavy (non-hydrogen) atoms. The van der Waals surface area contributed by atoms with E-state index in [-0.39, 0.29) is 5.91 Å². The summed E-state index contributed by atoms with van der Waals surface area (Å²) in [7, 11) is 0. The molecule has 5 heterocycles. The first kappa shape index (κ1) is 25.1. The molecular weight excluding hydrogens is 494 g/mol. The average molecular weight is 530 g/mol. The summed E-state index contributed by atoms with van der Waals surface area (Å²) in [5, 5.41) is 5.67. The second-order valence-electron chi connectivity index (χ2n) is 10.6. The molecule has 0 spiro atoms. The highest BCUT2D eigenvalue weighted by atomic mass is 32.2. The fourth-order valence-electron chi connectivity index (χ4n) is 5.56. The highest BCUT2D eigenvalue weighted by Crippen LogP contribution is 2.32. The smallest absolute Gasteiger partial charge is 0.286 e. The molecule has 0 N–H and O–H groups in total. The van der Waals surface area contributed by atoms with Crippen molar-refractivity contribution in [2.75, 3.05) is 44.2 Å². The monoisotopic (exact) mass is 529 g/mol. The molecule has 198 valence electrons. The van der Waals surface area contributed by atoms with Crippen LogP contribution in [-0.4, -0.2) is 80.8 Å². The van der Waals surface area contributed by atoms with E-state index in [1.807, 2.05) is 28.9 Å². The summed E-state index contributed by atoms with van der Waals surface area (Å²) < 4.78 is 1.87. The van der Waals surface area contributed by atoms with E-state index in [2.05, 4.69) is 63.6 Å². The molecule has 0 saturated carbocycles. The normalized spacial score (nSPS) is 20.3. The average Bonchev–Trinajstić information content (AvgIpc) is 3.52. The third-order valence-corrected chi connectivity index (χ3v) is 8.82. The molecule has 3 aliphatic heterocycles. The van der Waals surface area contributed by atoms with Crippen LogP contribution in [0.2, 0.25) is 0 Å². The van der Waals surface area contributed by atoms with Crippen LogP contribution in [0.3, 0.4) is 0 Å². The number of benzene rings is 1. The number of aryl methyl sites for hydroxylation is 1. The lowest BCUT2D eigenvalue weighted by molar-refractivity contribution is -0.113. The summed E-state index contributed by atoms with van der Waals surface area (Å²) in [6, 6.07) is 11.1. The number of nitrogens with zero attached hydrogens (tertiary/aromatic N) is 7. The number of amides is 1. The Bertz CT molecular complexity index is 1410. The number of carbonyl (C=O) groups is 1. The van der Waals surface area contributed by atoms with Crippen molar-refractivity contribution in [2.24, 2.45) is 4.99 Å². The Kier molecular flexibility index (Phi) is 6.97. The van der Waals surface area contributed by atoms with Gasteiger partial charge in [-0.3, -0.25) is 9.69 Å². The van der Waals surface area contributed by atoms with Gasteiger partial charge in [-0.2, -0.15) is 10.1 Å². The van der Waals surface area contributed by atoms with Gasteiger partial charge in [0.2, 0.25) is 0 Å². The molecule has 0 radical (unpaired) electrons. The topological polar surface area (TPSA) is 69.3 Å². The minimum absolute atomic E-state index is 0.177. The van der Waals surface area contributed by atoms with E-state index < -0.39 is 0 Å². The number of carbonyl (C=O) groups excluding carboxylic acids is 1. The van der Waals surface area contributed by atoms with Crippen molar-refractivity contribution in [3.05, 3.63) is 52.7 Å². The number of aromatic nitrogens is 3. The van der Waals surface area contributed by atoms with Crippen LogP contribution in [0.4, 0.5) is 5.69 Å². The Morgan fingerprint density at radius 3 is 2.47 bits per heavy atom. The highest BCUT2D eigenvalue weighted by Gasteiger charge is 2.27. The van der Waals surface area contributed by atoms with Crippen LogP contribution in [-0.2, 0) is 4.79 Å². The van der Waals surface area contributed by atoms with E-state index in [4.69, 9.17) is 5.10 Å². The van der Waals surface area contributed by atoms with Gasteiger partial charge in [0.1, 0.15) is 0 Å². The van der Waals surface area contributed by atoms with Gasteiger partial charge in [-0.1, -0.05) is 6.07 Å². The van der Waals surface area contributed by atoms with Gasteiger partial charge < -0.3 is 9.80 Å². The second-order valence-corrected chi connectivity index (χ2v) is 11.7. The Hall–Kier alpha value is -3.17. The van der Waals surface area contributed by atoms with Gasteiger partial charge in [-0.25, -0.2) is 9.50 Å². The van der Waals surface area contributed by atoms with Crippen LogP contribution in [0.5, 0.6) is 0 Å². The Labute approximate surface area is 228 Å². The van der Waals surface area contributed by atoms with Crippen molar-refractivity contribution < 1.29 is 4.79 Å². The summed E-state index contributed by atoms with van der Waals surface area (Å²) in [6.07, 6.45) is 7.29. The van der Waals surface area contributed by atoms with E-state index >= 15 is 0 Å². The summed E-state index contributed by atoms with van der Waals surface area (Å²) in [5.41, 5.74) is 6.08. The molecule has 8 nitrogen and oxygen atoms in total. The van der Waals surface area contributed by atoms with Crippen molar-refractivity contribution in [3.8, 4) is 11.3 Å². The van der Waals surface area contributed by atoms with E-state index in [0.29, 0.717) is 10.9 Å². The molecule has 6 rings (SSSR count). The number of anilines is 1. The fourth-order valence-corrected chi connectivity index (χ4v) is 6.51. The number of aliphatic imine (C=N–C) groups is 1. The first-order valence-electron chi connectivity index (χ1n) is 13.7. The molecule has 2 fully saturated rings. The van der Waals surface area contributed by atoms with Crippen molar-refractivity contribution in [1.82, 2.24) is 24.4 Å². The Morgan fingerprint density at radius 2 is 1.74 bits per heavy atom. The molecule has 0 bridgehead atoms. The van der Waals surface area contributed by atoms with Crippen LogP contribution < -0.4 is 4.90 Å². The number of hydrogen-bond acceptors (Lipinski definition) is 7. The summed E-state index contributed by atoms with van der Waals surface area (Å²) in [4.78, 5) is 29.4. The number of hydrogen-bond donors (Lipinski definition) is 0. The van der Waals surface area contributed by atoms with Crippen LogP contribution in [0.25, 0.3) is 23.0 Å². The number of piperazine rings is 1. The van der Waals surface area contributed by atoms with Crippen molar-refractivity contribution in [3.63, 3.8) is 0 Å². The molecule has 2 aromatic heterocycles. The van der Waals surface area contributed by atoms with Gasteiger partial charge in [-0.15, -0.1) is 0 Å². The van der Waals surface area contributed by atoms with Gasteiger partial charge >= 0.3 is 0 Å². The molecule has 1 aromatic carbocycles. The zero-order valence-corrected chi connectivity index (χ0v) is 23.2. The number of fused-ring (bicyclic) bond motifs is 1. The lowest BCUT2D eigenvalue weighted by Crippen LogP contribution is -2.49. The maximum atomic E-state index is 12.6. The third kappa shape index (κ3) is 4.97. The van der Waals surface area contributed by atoms with Gasteiger partial charge in [0.05, 0.1) is 22.5 Å². The molecule has 0 aliphatic carbocycles. The summed E-state index contributed by atoms with van der Waals surface area (Å²) in [5.74, 6) is -0.177. The van der Waals surface area contributed by atoms with E-state index in [1.165, 1.54) is 29.4 Å². The summed E-state index contributed by atoms with van der Waals surface area (Å²) in [6.45, 7) is 13.0. The SMILES string of the molecule is Cc1cc(-c2cnc3ccc(C=C4SC(N5CCCCC5)=NC4=O)nn23)ccc1N1CCN(C(C)C)CC1. The molecule has 9 heteroatoms. The van der Waals surface area contributed by atoms with Crippen molar-refractivity contribution in [1.29, 1.82) is 0 Å². The standard InChI is InChI=1S/C29H35N7OS/c1-20(2)33-13-15-34(16-14-33)24-9-7-22(17-21(24)3)25-19-30-27-10-8-23(32-36(25)27)18-26-28(37)31-29(38-26)35-11-5-4-6-12-35/h7-10,17-20H,4-6,11-16H2,1-3H3. The molecule has 0 unspecified atom stereocenters. The lowest BCUT2D eigenvalue weighted by Gasteiger charge is -2.38. The molecule has 3 aromatic rings. The second kappa shape index (κ2) is 10.5. The lowest BCUT2D eigenvalue weighted by atomic mass is 10.1. The predicted octanol–water partition coefficient (Wildman–Crippen LogP) is 4.69. The quantitative estimate of drug-likeness (QED) is 0.454. The van der Waals surface area contributed by atoms with Gasteiger partial charge in [-0.05, 0) is 87.7 Å². The number of imidazole rings is 1. The number of likely N-dealkylation sites (tertiary alicyclic amines) is 1. The molecule has 0 atom stereocenters. The molecule has 3 aliphatic rings. The van der Waals surface area contributed by atoms with Gasteiger partial charge in [0.15, 0.2) is 10.8 Å². The maximum Gasteiger partial charge on any atom is 0.286 e. The summed E-state index contributed by atoms with van der Waals surface area (Å²) >= 11 is 1.46. The van der Waals surface area contributed by atoms with Crippen LogP contribution in [0.1, 0.15) is 44.4 Å². The predicted molar refractivity (Wildman–Crippen MR) is 156 cm³/mol. The fraction of sp³-hybridized carbons (Fsp3) is 0.448. The molecular formula is C29H35N7OS. The minimum Gasteiger partial charge on any atom is -0.369 e. The molecule has 1 amide bonds. The van der Waals surface area contributed by atoms with Crippen LogP contribution >= 0.6 is 11.8 Å². The third-order valence-electron chi connectivity index (χ3n) is 7.78. The van der Waals surface area contributed by atoms with Gasteiger partial charge in [0, 0.05) is 56.6 Å². The van der Waals surface area contributed by atoms with Crippen molar-refractivity contribution >= 4 is 40.2 Å². The first-order chi connectivity index (χ1) is 18.5. The zero-order chi connectivity index (χ0) is 26.2. The highest BCUT2D eigenvalue weighted by molar-refractivity contribution is 8.18. The van der Waals surface area contributed by atoms with Crippen LogP contribution in [0.15, 0.2) is 46.4 Å². The zero-order valence-electron chi connectivity index (χ0n) is 22.4. The van der Waals surface area contributed by atoms with Gasteiger partial charge in [0.25, 0.3) is 5.91 Å².